The van der Waals surface area contributed by atoms with Crippen molar-refractivity contribution >= 4 is 6.09 Å². The maximum absolute atomic E-state index is 14.4. The molecule has 0 saturated carbocycles. The lowest BCUT2D eigenvalue weighted by Gasteiger charge is -2.33. The minimum absolute atomic E-state index is 0.139. The van der Waals surface area contributed by atoms with E-state index in [-0.39, 0.29) is 24.5 Å². The first-order chi connectivity index (χ1) is 15.3. The summed E-state index contributed by atoms with van der Waals surface area (Å²) in [5, 5.41) is 15.2. The number of rotatable bonds is 5. The molecule has 1 aliphatic rings. The average molecular weight is 443 g/mol. The number of ether oxygens (including phenoxy) is 2. The van der Waals surface area contributed by atoms with E-state index >= 15 is 0 Å². The molecule has 0 aliphatic carbocycles. The summed E-state index contributed by atoms with van der Waals surface area (Å²) in [6.07, 6.45) is 6.30. The van der Waals surface area contributed by atoms with Crippen LogP contribution in [0.4, 0.5) is 9.18 Å². The van der Waals surface area contributed by atoms with Crippen LogP contribution in [-0.4, -0.2) is 59.7 Å². The molecule has 1 aliphatic heterocycles. The Bertz CT molecular complexity index is 1050. The Hall–Kier alpha value is -3.50. The molecule has 0 bridgehead atoms. The average Bonchev–Trinajstić information content (AvgIpc) is 3.44. The van der Waals surface area contributed by atoms with Gasteiger partial charge in [0, 0.05) is 30.9 Å². The molecule has 0 spiro atoms. The molecule has 32 heavy (non-hydrogen) atoms. The van der Waals surface area contributed by atoms with Crippen molar-refractivity contribution in [3.8, 4) is 11.4 Å². The van der Waals surface area contributed by atoms with Crippen LogP contribution < -0.4 is 4.74 Å². The van der Waals surface area contributed by atoms with E-state index in [1.54, 1.807) is 23.2 Å². The topological polar surface area (TPSA) is 100 Å². The van der Waals surface area contributed by atoms with Crippen molar-refractivity contribution < 1.29 is 18.7 Å². The molecular weight excluding hydrogens is 417 g/mol. The second-order valence-electron chi connectivity index (χ2n) is 8.68. The van der Waals surface area contributed by atoms with Gasteiger partial charge in [-0.15, -0.1) is 5.10 Å². The van der Waals surface area contributed by atoms with E-state index in [1.807, 2.05) is 31.6 Å². The fourth-order valence-electron chi connectivity index (χ4n) is 3.48. The summed E-state index contributed by atoms with van der Waals surface area (Å²) in [4.78, 5) is 14.0. The predicted octanol–water partition coefficient (Wildman–Crippen LogP) is 3.15. The Labute approximate surface area is 184 Å². The smallest absolute Gasteiger partial charge is 0.410 e. The number of likely N-dealkylation sites (tertiary alicyclic amines) is 1. The lowest BCUT2D eigenvalue weighted by Crippen LogP contribution is -2.42. The quantitative estimate of drug-likeness (QED) is 0.597. The molecule has 3 heterocycles. The molecule has 1 amide bonds. The molecule has 0 atom stereocenters. The molecule has 0 unspecified atom stereocenters. The molecule has 11 heteroatoms. The van der Waals surface area contributed by atoms with Crippen LogP contribution in [-0.2, 0) is 11.3 Å². The van der Waals surface area contributed by atoms with Gasteiger partial charge in [-0.2, -0.15) is 5.10 Å². The van der Waals surface area contributed by atoms with E-state index in [2.05, 4.69) is 20.6 Å². The minimum atomic E-state index is -0.502. The highest BCUT2D eigenvalue weighted by atomic mass is 19.1. The van der Waals surface area contributed by atoms with Crippen LogP contribution in [0.15, 0.2) is 36.9 Å². The van der Waals surface area contributed by atoms with Crippen molar-refractivity contribution in [1.29, 1.82) is 0 Å². The monoisotopic (exact) mass is 443 g/mol. The van der Waals surface area contributed by atoms with Gasteiger partial charge < -0.3 is 14.4 Å². The normalized spacial score (nSPS) is 15.1. The number of benzene rings is 1. The van der Waals surface area contributed by atoms with E-state index in [9.17, 15) is 9.18 Å². The van der Waals surface area contributed by atoms with Gasteiger partial charge in [-0.25, -0.2) is 13.9 Å². The van der Waals surface area contributed by atoms with Gasteiger partial charge in [-0.3, -0.25) is 4.68 Å². The van der Waals surface area contributed by atoms with Crippen LogP contribution in [0.2, 0.25) is 0 Å². The number of amides is 1. The largest absolute Gasteiger partial charge is 0.486 e. The summed E-state index contributed by atoms with van der Waals surface area (Å²) in [5.74, 6) is -0.361. The van der Waals surface area contributed by atoms with Gasteiger partial charge in [-0.05, 0) is 56.2 Å². The Morgan fingerprint density at radius 2 is 2.03 bits per heavy atom. The third kappa shape index (κ3) is 5.21. The molecule has 3 aromatic rings. The molecule has 1 fully saturated rings. The van der Waals surface area contributed by atoms with Crippen molar-refractivity contribution in [3.63, 3.8) is 0 Å². The van der Waals surface area contributed by atoms with E-state index < -0.39 is 11.4 Å². The van der Waals surface area contributed by atoms with Crippen LogP contribution >= 0.6 is 0 Å². The Kier molecular flexibility index (Phi) is 6.06. The van der Waals surface area contributed by atoms with Gasteiger partial charge >= 0.3 is 6.09 Å². The number of tetrazole rings is 1. The lowest BCUT2D eigenvalue weighted by atomic mass is 10.1. The number of aromatic nitrogens is 6. The Balaban J connectivity index is 1.30. The highest BCUT2D eigenvalue weighted by molar-refractivity contribution is 5.68. The third-order valence-electron chi connectivity index (χ3n) is 5.07. The van der Waals surface area contributed by atoms with Crippen LogP contribution in [0.5, 0.6) is 5.75 Å². The summed E-state index contributed by atoms with van der Waals surface area (Å²) >= 11 is 0. The van der Waals surface area contributed by atoms with E-state index in [0.717, 1.165) is 18.4 Å². The standard InChI is InChI=1S/C21H26FN7O3/c1-21(2,3)32-20(30)27-8-6-16(7-9-27)28-12-15(11-24-28)13-31-19-5-4-17(10-18(19)22)29-14-23-25-26-29/h4-5,10-12,14,16H,6-9,13H2,1-3H3. The number of halogens is 1. The first-order valence-corrected chi connectivity index (χ1v) is 10.5. The first kappa shape index (κ1) is 21.7. The molecule has 1 aromatic carbocycles. The summed E-state index contributed by atoms with van der Waals surface area (Å²) in [6.45, 7) is 7.01. The van der Waals surface area contributed by atoms with Crippen LogP contribution in [0.1, 0.15) is 45.2 Å². The molecule has 0 radical (unpaired) electrons. The molecule has 170 valence electrons. The number of hydrogen-bond acceptors (Lipinski definition) is 7. The Morgan fingerprint density at radius 1 is 1.25 bits per heavy atom. The number of nitrogens with zero attached hydrogens (tertiary/aromatic N) is 7. The molecular formula is C21H26FN7O3. The highest BCUT2D eigenvalue weighted by Gasteiger charge is 2.27. The number of piperidine rings is 1. The minimum Gasteiger partial charge on any atom is -0.486 e. The zero-order chi connectivity index (χ0) is 22.7. The van der Waals surface area contributed by atoms with Gasteiger partial charge in [-0.1, -0.05) is 0 Å². The zero-order valence-corrected chi connectivity index (χ0v) is 18.3. The van der Waals surface area contributed by atoms with Gasteiger partial charge in [0.25, 0.3) is 0 Å². The fourth-order valence-corrected chi connectivity index (χ4v) is 3.48. The van der Waals surface area contributed by atoms with Gasteiger partial charge in [0.2, 0.25) is 0 Å². The summed E-state index contributed by atoms with van der Waals surface area (Å²) in [6, 6.07) is 4.72. The maximum atomic E-state index is 14.4. The fraction of sp³-hybridized carbons (Fsp3) is 0.476. The summed E-state index contributed by atoms with van der Waals surface area (Å²) in [5.41, 5.74) is 0.840. The third-order valence-corrected chi connectivity index (χ3v) is 5.07. The second kappa shape index (κ2) is 8.93. The molecule has 2 aromatic heterocycles. The molecule has 4 rings (SSSR count). The maximum Gasteiger partial charge on any atom is 0.410 e. The van der Waals surface area contributed by atoms with Crippen LogP contribution in [0.25, 0.3) is 5.69 Å². The molecule has 0 N–H and O–H groups in total. The van der Waals surface area contributed by atoms with E-state index in [1.165, 1.54) is 17.1 Å². The number of carbonyl (C=O) groups excluding carboxylic acids is 1. The van der Waals surface area contributed by atoms with Crippen LogP contribution in [0, 0.1) is 5.82 Å². The Morgan fingerprint density at radius 3 is 2.69 bits per heavy atom. The van der Waals surface area contributed by atoms with E-state index in [0.29, 0.717) is 18.8 Å². The van der Waals surface area contributed by atoms with E-state index in [4.69, 9.17) is 9.47 Å². The SMILES string of the molecule is CC(C)(C)OC(=O)N1CCC(n2cc(COc3ccc(-n4cnnn4)cc3F)cn2)CC1. The predicted molar refractivity (Wildman–Crippen MR) is 112 cm³/mol. The number of hydrogen-bond donors (Lipinski definition) is 0. The molecule has 1 saturated heterocycles. The van der Waals surface area contributed by atoms with Gasteiger partial charge in [0.05, 0.1) is 17.9 Å². The molecule has 10 nitrogen and oxygen atoms in total. The number of carbonyl (C=O) groups is 1. The lowest BCUT2D eigenvalue weighted by molar-refractivity contribution is 0.0184. The second-order valence-corrected chi connectivity index (χ2v) is 8.68. The van der Waals surface area contributed by atoms with Crippen LogP contribution in [0.3, 0.4) is 0 Å². The van der Waals surface area contributed by atoms with Crippen molar-refractivity contribution in [3.05, 3.63) is 48.3 Å². The van der Waals surface area contributed by atoms with Crippen molar-refractivity contribution in [2.45, 2.75) is 51.9 Å². The summed E-state index contributed by atoms with van der Waals surface area (Å²) < 4.78 is 28.7. The highest BCUT2D eigenvalue weighted by Crippen LogP contribution is 2.25. The van der Waals surface area contributed by atoms with Gasteiger partial charge in [0.1, 0.15) is 18.5 Å². The first-order valence-electron chi connectivity index (χ1n) is 10.5. The van der Waals surface area contributed by atoms with Crippen molar-refractivity contribution in [2.75, 3.05) is 13.1 Å². The van der Waals surface area contributed by atoms with Gasteiger partial charge in [0.15, 0.2) is 11.6 Å². The van der Waals surface area contributed by atoms with Crippen molar-refractivity contribution in [1.82, 2.24) is 34.9 Å². The summed E-state index contributed by atoms with van der Waals surface area (Å²) in [7, 11) is 0. The van der Waals surface area contributed by atoms with Crippen molar-refractivity contribution in [2.24, 2.45) is 0 Å². The zero-order valence-electron chi connectivity index (χ0n) is 18.3.